The maximum atomic E-state index is 11.9. The van der Waals surface area contributed by atoms with Gasteiger partial charge in [0.1, 0.15) is 19.3 Å². The van der Waals surface area contributed by atoms with Crippen molar-refractivity contribution < 1.29 is 34.4 Å². The molecule has 0 aromatic carbocycles. The van der Waals surface area contributed by atoms with Crippen LogP contribution in [-0.2, 0) is 19.1 Å². The van der Waals surface area contributed by atoms with E-state index in [9.17, 15) is 24.9 Å². The molecule has 7 nitrogen and oxygen atoms in total. The van der Waals surface area contributed by atoms with Crippen molar-refractivity contribution in [1.82, 2.24) is 0 Å². The highest BCUT2D eigenvalue weighted by Crippen LogP contribution is 2.11. The molecule has 0 aromatic heterocycles. The van der Waals surface area contributed by atoms with E-state index in [-0.39, 0.29) is 25.6 Å². The van der Waals surface area contributed by atoms with Crippen LogP contribution in [0.1, 0.15) is 117 Å². The molecule has 3 atom stereocenters. The fourth-order valence-corrected chi connectivity index (χ4v) is 4.06. The predicted octanol–water partition coefficient (Wildman–Crippen LogP) is 7.77. The van der Waals surface area contributed by atoms with Gasteiger partial charge in [0.2, 0.25) is 0 Å². The lowest BCUT2D eigenvalue weighted by Gasteiger charge is -2.12. The summed E-state index contributed by atoms with van der Waals surface area (Å²) in [5.41, 5.74) is 0. The lowest BCUT2D eigenvalue weighted by molar-refractivity contribution is -0.152. The number of unbranched alkanes of at least 4 members (excludes halogenated alkanes) is 9. The van der Waals surface area contributed by atoms with Gasteiger partial charge in [-0.25, -0.2) is 0 Å². The van der Waals surface area contributed by atoms with Crippen LogP contribution < -0.4 is 0 Å². The first-order valence-corrected chi connectivity index (χ1v) is 16.7. The van der Waals surface area contributed by atoms with E-state index < -0.39 is 24.3 Å². The Labute approximate surface area is 267 Å². The van der Waals surface area contributed by atoms with Crippen molar-refractivity contribution in [3.63, 3.8) is 0 Å². The number of ether oxygens (including phenoxy) is 2. The van der Waals surface area contributed by atoms with E-state index in [0.717, 1.165) is 32.1 Å². The van der Waals surface area contributed by atoms with Crippen molar-refractivity contribution in [2.24, 2.45) is 0 Å². The normalized spacial score (nSPS) is 14.6. The van der Waals surface area contributed by atoms with Gasteiger partial charge in [0.05, 0.1) is 12.2 Å². The van der Waals surface area contributed by atoms with E-state index in [1.807, 2.05) is 48.6 Å². The number of allylic oxidation sites excluding steroid dienone is 8. The van der Waals surface area contributed by atoms with Crippen LogP contribution in [0, 0.1) is 0 Å². The molecule has 0 bridgehead atoms. The van der Waals surface area contributed by atoms with Gasteiger partial charge in [-0.05, 0) is 38.5 Å². The summed E-state index contributed by atoms with van der Waals surface area (Å²) in [5, 5.41) is 29.7. The molecule has 3 N–H and O–H groups in total. The summed E-state index contributed by atoms with van der Waals surface area (Å²) < 4.78 is 10.2. The molecule has 0 aliphatic rings. The fraction of sp³-hybridized carbons (Fsp3) is 0.622. The number of hydrogen-bond donors (Lipinski definition) is 3. The van der Waals surface area contributed by atoms with Gasteiger partial charge >= 0.3 is 11.9 Å². The van der Waals surface area contributed by atoms with Gasteiger partial charge in [0, 0.05) is 12.8 Å². The summed E-state index contributed by atoms with van der Waals surface area (Å²) in [6.07, 6.45) is 34.6. The molecule has 0 saturated heterocycles. The molecule has 7 heteroatoms. The van der Waals surface area contributed by atoms with Crippen LogP contribution >= 0.6 is 0 Å². The first-order valence-electron chi connectivity index (χ1n) is 16.7. The van der Waals surface area contributed by atoms with Gasteiger partial charge in [-0.15, -0.1) is 0 Å². The number of hydrogen-bond acceptors (Lipinski definition) is 7. The molecule has 0 heterocycles. The Hall–Kier alpha value is -2.74. The van der Waals surface area contributed by atoms with Gasteiger partial charge in [-0.3, -0.25) is 9.59 Å². The zero-order valence-corrected chi connectivity index (χ0v) is 27.4. The number of esters is 2. The molecule has 0 radical (unpaired) electrons. The van der Waals surface area contributed by atoms with E-state index in [0.29, 0.717) is 25.7 Å². The molecule has 0 aromatic rings. The lowest BCUT2D eigenvalue weighted by Crippen LogP contribution is -2.25. The predicted molar refractivity (Wildman–Crippen MR) is 180 cm³/mol. The first kappa shape index (κ1) is 41.3. The van der Waals surface area contributed by atoms with Crippen molar-refractivity contribution >= 4 is 11.9 Å². The maximum Gasteiger partial charge on any atom is 0.305 e. The quantitative estimate of drug-likeness (QED) is 0.0356. The Morgan fingerprint density at radius 3 is 1.80 bits per heavy atom. The summed E-state index contributed by atoms with van der Waals surface area (Å²) in [4.78, 5) is 23.7. The van der Waals surface area contributed by atoms with Crippen molar-refractivity contribution in [3.8, 4) is 0 Å². The molecule has 0 aliphatic carbocycles. The van der Waals surface area contributed by atoms with E-state index in [2.05, 4.69) is 13.8 Å². The molecule has 0 aliphatic heterocycles. The van der Waals surface area contributed by atoms with Crippen molar-refractivity contribution in [2.45, 2.75) is 135 Å². The topological polar surface area (TPSA) is 113 Å². The molecular weight excluding hydrogens is 556 g/mol. The number of carbonyl (C=O) groups excluding carboxylic acids is 2. The molecule has 0 saturated carbocycles. The standard InChI is InChI=1S/C37H60O7/c1-3-5-7-8-9-10-14-17-23-29-36(41)43-31-35(40)32-44-37(42)30-24-18-22-28-34(39)27-21-16-13-11-12-15-20-26-33(38)25-19-6-4-2/h6,12-13,15-16,19-22,26-28,33-35,38-40H,3-5,7-11,14,17-18,23-25,29-32H2,1-2H3/b15-12-,16-13-,19-6-,26-20+,27-21+,28-22-/t33-,34-,35-/m1/s1. The minimum absolute atomic E-state index is 0.177. The third-order valence-electron chi connectivity index (χ3n) is 6.63. The monoisotopic (exact) mass is 616 g/mol. The highest BCUT2D eigenvalue weighted by Gasteiger charge is 2.12. The van der Waals surface area contributed by atoms with Gasteiger partial charge in [0.15, 0.2) is 0 Å². The molecule has 0 rings (SSSR count). The smallest absolute Gasteiger partial charge is 0.305 e. The molecule has 250 valence electrons. The molecule has 0 amide bonds. The minimum atomic E-state index is -1.04. The van der Waals surface area contributed by atoms with Crippen molar-refractivity contribution in [3.05, 3.63) is 72.9 Å². The van der Waals surface area contributed by atoms with Gasteiger partial charge < -0.3 is 24.8 Å². The zero-order valence-electron chi connectivity index (χ0n) is 27.4. The molecule has 0 unspecified atom stereocenters. The average Bonchev–Trinajstić information content (AvgIpc) is 3.01. The van der Waals surface area contributed by atoms with Crippen LogP contribution in [-0.4, -0.2) is 58.8 Å². The fourth-order valence-electron chi connectivity index (χ4n) is 4.06. The van der Waals surface area contributed by atoms with Crippen LogP contribution in [0.25, 0.3) is 0 Å². The Balaban J connectivity index is 3.82. The van der Waals surface area contributed by atoms with Crippen LogP contribution in [0.4, 0.5) is 0 Å². The second-order valence-electron chi connectivity index (χ2n) is 11.0. The molecule has 0 spiro atoms. The number of aliphatic hydroxyl groups is 3. The van der Waals surface area contributed by atoms with Crippen molar-refractivity contribution in [1.29, 1.82) is 0 Å². The number of rotatable bonds is 28. The van der Waals surface area contributed by atoms with Crippen LogP contribution in [0.3, 0.4) is 0 Å². The Morgan fingerprint density at radius 2 is 1.18 bits per heavy atom. The highest BCUT2D eigenvalue weighted by atomic mass is 16.6. The summed E-state index contributed by atoms with van der Waals surface area (Å²) >= 11 is 0. The van der Waals surface area contributed by atoms with Crippen molar-refractivity contribution in [2.75, 3.05) is 13.2 Å². The molecule has 44 heavy (non-hydrogen) atoms. The lowest BCUT2D eigenvalue weighted by atomic mass is 10.1. The number of carbonyl (C=O) groups is 2. The summed E-state index contributed by atoms with van der Waals surface area (Å²) in [7, 11) is 0. The minimum Gasteiger partial charge on any atom is -0.463 e. The van der Waals surface area contributed by atoms with Gasteiger partial charge in [-0.2, -0.15) is 0 Å². The van der Waals surface area contributed by atoms with Crippen LogP contribution in [0.15, 0.2) is 72.9 Å². The third kappa shape index (κ3) is 30.7. The van der Waals surface area contributed by atoms with E-state index in [1.54, 1.807) is 24.3 Å². The van der Waals surface area contributed by atoms with Gasteiger partial charge in [0.25, 0.3) is 0 Å². The summed E-state index contributed by atoms with van der Waals surface area (Å²) in [6.45, 7) is 3.89. The summed E-state index contributed by atoms with van der Waals surface area (Å²) in [5.74, 6) is -0.753. The maximum absolute atomic E-state index is 11.9. The Kier molecular flexibility index (Phi) is 29.7. The first-order chi connectivity index (χ1) is 21.4. The Morgan fingerprint density at radius 1 is 0.614 bits per heavy atom. The van der Waals surface area contributed by atoms with E-state index >= 15 is 0 Å². The van der Waals surface area contributed by atoms with E-state index in [4.69, 9.17) is 9.47 Å². The van der Waals surface area contributed by atoms with E-state index in [1.165, 1.54) is 38.5 Å². The second-order valence-corrected chi connectivity index (χ2v) is 11.0. The summed E-state index contributed by atoms with van der Waals surface area (Å²) in [6, 6.07) is 0. The zero-order chi connectivity index (χ0) is 32.5. The second kappa shape index (κ2) is 31.7. The number of aliphatic hydroxyl groups excluding tert-OH is 3. The van der Waals surface area contributed by atoms with Crippen LogP contribution in [0.5, 0.6) is 0 Å². The highest BCUT2D eigenvalue weighted by molar-refractivity contribution is 5.69. The Bertz CT molecular complexity index is 869. The van der Waals surface area contributed by atoms with Crippen LogP contribution in [0.2, 0.25) is 0 Å². The van der Waals surface area contributed by atoms with Gasteiger partial charge in [-0.1, -0.05) is 138 Å². The largest absolute Gasteiger partial charge is 0.463 e. The molecule has 0 fully saturated rings. The third-order valence-corrected chi connectivity index (χ3v) is 6.63. The molecular formula is C37H60O7. The SMILES string of the molecule is CC/C=C\C[C@@H](O)/C=C/C=C\C/C=C\C=C\[C@@H](O)/C=C\CCCC(=O)OC[C@H](O)COC(=O)CCCCCCCCCCC. The average molecular weight is 617 g/mol.